The van der Waals surface area contributed by atoms with Crippen molar-refractivity contribution in [2.24, 2.45) is 0 Å². The Morgan fingerprint density at radius 2 is 2.47 bits per heavy atom. The summed E-state index contributed by atoms with van der Waals surface area (Å²) in [5, 5.41) is 4.07. The maximum atomic E-state index is 12.1. The molecule has 0 bridgehead atoms. The Morgan fingerprint density at radius 1 is 1.53 bits per heavy atom. The number of thiophene rings is 1. The molecule has 2 aliphatic rings. The van der Waals surface area contributed by atoms with Gasteiger partial charge in [0.1, 0.15) is 0 Å². The van der Waals surface area contributed by atoms with Gasteiger partial charge in [0.05, 0.1) is 12.0 Å². The third kappa shape index (κ3) is 2.24. The lowest BCUT2D eigenvalue weighted by Gasteiger charge is -2.23. The highest BCUT2D eigenvalue weighted by Crippen LogP contribution is 2.34. The molecule has 2 saturated heterocycles. The van der Waals surface area contributed by atoms with Gasteiger partial charge < -0.3 is 9.64 Å². The molecule has 3 heterocycles. The van der Waals surface area contributed by atoms with Crippen molar-refractivity contribution >= 4 is 17.2 Å². The molecule has 1 amide bonds. The first-order valence-electron chi connectivity index (χ1n) is 6.20. The van der Waals surface area contributed by atoms with Gasteiger partial charge in [-0.2, -0.15) is 11.3 Å². The second-order valence-electron chi connectivity index (χ2n) is 5.01. The molecule has 0 saturated carbocycles. The van der Waals surface area contributed by atoms with Crippen LogP contribution in [0.2, 0.25) is 0 Å². The first-order valence-corrected chi connectivity index (χ1v) is 7.15. The molecular weight excluding hydrogens is 234 g/mol. The lowest BCUT2D eigenvalue weighted by atomic mass is 10.00. The van der Waals surface area contributed by atoms with Gasteiger partial charge in [0, 0.05) is 19.7 Å². The maximum absolute atomic E-state index is 12.1. The SMILES string of the molecule is O=C(Cc1ccsc1)N1CCC2(CCCO2)C1. The molecule has 3 rings (SSSR count). The summed E-state index contributed by atoms with van der Waals surface area (Å²) in [6.07, 6.45) is 3.82. The molecule has 0 aromatic carbocycles. The fourth-order valence-corrected chi connectivity index (χ4v) is 3.48. The zero-order valence-corrected chi connectivity index (χ0v) is 10.7. The number of likely N-dealkylation sites (tertiary alicyclic amines) is 1. The fourth-order valence-electron chi connectivity index (χ4n) is 2.81. The topological polar surface area (TPSA) is 29.5 Å². The number of hydrogen-bond donors (Lipinski definition) is 0. The molecule has 92 valence electrons. The van der Waals surface area contributed by atoms with Crippen molar-refractivity contribution in [3.05, 3.63) is 22.4 Å². The number of ether oxygens (including phenoxy) is 1. The molecule has 4 heteroatoms. The van der Waals surface area contributed by atoms with Crippen LogP contribution < -0.4 is 0 Å². The van der Waals surface area contributed by atoms with Crippen LogP contribution in [-0.4, -0.2) is 36.1 Å². The van der Waals surface area contributed by atoms with E-state index in [1.54, 1.807) is 11.3 Å². The largest absolute Gasteiger partial charge is 0.373 e. The first kappa shape index (κ1) is 11.2. The van der Waals surface area contributed by atoms with E-state index in [9.17, 15) is 4.79 Å². The second-order valence-corrected chi connectivity index (χ2v) is 5.79. The van der Waals surface area contributed by atoms with E-state index >= 15 is 0 Å². The molecule has 1 atom stereocenters. The van der Waals surface area contributed by atoms with Gasteiger partial charge in [-0.05, 0) is 41.7 Å². The highest BCUT2D eigenvalue weighted by Gasteiger charge is 2.42. The third-order valence-electron chi connectivity index (χ3n) is 3.79. The van der Waals surface area contributed by atoms with Crippen LogP contribution >= 0.6 is 11.3 Å². The van der Waals surface area contributed by atoms with Crippen LogP contribution in [0.1, 0.15) is 24.8 Å². The van der Waals surface area contributed by atoms with E-state index in [2.05, 4.69) is 5.38 Å². The Balaban J connectivity index is 1.60. The summed E-state index contributed by atoms with van der Waals surface area (Å²) in [6, 6.07) is 2.03. The van der Waals surface area contributed by atoms with Gasteiger partial charge >= 0.3 is 0 Å². The Hall–Kier alpha value is -0.870. The number of hydrogen-bond acceptors (Lipinski definition) is 3. The van der Waals surface area contributed by atoms with Crippen molar-refractivity contribution in [2.45, 2.75) is 31.3 Å². The minimum absolute atomic E-state index is 0.00427. The molecule has 2 fully saturated rings. The Labute approximate surface area is 105 Å². The molecule has 2 aliphatic heterocycles. The standard InChI is InChI=1S/C13H17NO2S/c15-12(8-11-2-7-17-9-11)14-5-4-13(10-14)3-1-6-16-13/h2,7,9H,1,3-6,8,10H2. The summed E-state index contributed by atoms with van der Waals surface area (Å²) >= 11 is 1.65. The van der Waals surface area contributed by atoms with Crippen molar-refractivity contribution in [2.75, 3.05) is 19.7 Å². The molecule has 1 aromatic rings. The third-order valence-corrected chi connectivity index (χ3v) is 4.52. The van der Waals surface area contributed by atoms with Crippen LogP contribution in [0.4, 0.5) is 0 Å². The molecule has 0 radical (unpaired) electrons. The summed E-state index contributed by atoms with van der Waals surface area (Å²) in [5.74, 6) is 0.246. The average molecular weight is 251 g/mol. The summed E-state index contributed by atoms with van der Waals surface area (Å²) in [5.41, 5.74) is 1.14. The van der Waals surface area contributed by atoms with E-state index in [1.165, 1.54) is 0 Å². The van der Waals surface area contributed by atoms with E-state index in [0.717, 1.165) is 44.5 Å². The van der Waals surface area contributed by atoms with Gasteiger partial charge in [-0.1, -0.05) is 0 Å². The van der Waals surface area contributed by atoms with Gasteiger partial charge in [0.15, 0.2) is 0 Å². The average Bonchev–Trinajstić information content (AvgIpc) is 3.03. The van der Waals surface area contributed by atoms with E-state index < -0.39 is 0 Å². The molecule has 1 aromatic heterocycles. The molecule has 1 spiro atoms. The van der Waals surface area contributed by atoms with Crippen LogP contribution in [0.5, 0.6) is 0 Å². The van der Waals surface area contributed by atoms with Crippen molar-refractivity contribution in [3.8, 4) is 0 Å². The van der Waals surface area contributed by atoms with Gasteiger partial charge in [-0.25, -0.2) is 0 Å². The quantitative estimate of drug-likeness (QED) is 0.805. The number of nitrogens with zero attached hydrogens (tertiary/aromatic N) is 1. The van der Waals surface area contributed by atoms with Crippen molar-refractivity contribution in [1.82, 2.24) is 4.90 Å². The summed E-state index contributed by atoms with van der Waals surface area (Å²) in [7, 11) is 0. The summed E-state index contributed by atoms with van der Waals surface area (Å²) in [6.45, 7) is 2.53. The number of carbonyl (C=O) groups excluding carboxylic acids is 1. The van der Waals surface area contributed by atoms with Crippen LogP contribution in [0.3, 0.4) is 0 Å². The zero-order chi connectivity index (χ0) is 11.7. The van der Waals surface area contributed by atoms with E-state index in [0.29, 0.717) is 6.42 Å². The summed E-state index contributed by atoms with van der Waals surface area (Å²) < 4.78 is 5.83. The minimum atomic E-state index is 0.00427. The predicted octanol–water partition coefficient (Wildman–Crippen LogP) is 2.07. The molecule has 3 nitrogen and oxygen atoms in total. The smallest absolute Gasteiger partial charge is 0.227 e. The molecule has 0 N–H and O–H groups in total. The van der Waals surface area contributed by atoms with Crippen LogP contribution in [0.15, 0.2) is 16.8 Å². The van der Waals surface area contributed by atoms with Gasteiger partial charge in [0.2, 0.25) is 5.91 Å². The van der Waals surface area contributed by atoms with Crippen molar-refractivity contribution in [1.29, 1.82) is 0 Å². The Morgan fingerprint density at radius 3 is 3.18 bits per heavy atom. The maximum Gasteiger partial charge on any atom is 0.227 e. The number of rotatable bonds is 2. The number of carbonyl (C=O) groups is 1. The van der Waals surface area contributed by atoms with Gasteiger partial charge in [-0.3, -0.25) is 4.79 Å². The zero-order valence-electron chi connectivity index (χ0n) is 9.85. The predicted molar refractivity (Wildman–Crippen MR) is 67.1 cm³/mol. The van der Waals surface area contributed by atoms with Crippen molar-refractivity contribution in [3.63, 3.8) is 0 Å². The lowest BCUT2D eigenvalue weighted by molar-refractivity contribution is -0.130. The van der Waals surface area contributed by atoms with Crippen LogP contribution in [0, 0.1) is 0 Å². The molecule has 17 heavy (non-hydrogen) atoms. The minimum Gasteiger partial charge on any atom is -0.373 e. The fraction of sp³-hybridized carbons (Fsp3) is 0.615. The second kappa shape index (κ2) is 4.42. The lowest BCUT2D eigenvalue weighted by Crippen LogP contribution is -2.36. The summed E-state index contributed by atoms with van der Waals surface area (Å²) in [4.78, 5) is 14.1. The highest BCUT2D eigenvalue weighted by atomic mass is 32.1. The Kier molecular flexibility index (Phi) is 2.92. The Bertz CT molecular complexity index is 396. The normalized spacial score (nSPS) is 28.1. The van der Waals surface area contributed by atoms with Crippen molar-refractivity contribution < 1.29 is 9.53 Å². The number of amides is 1. The van der Waals surface area contributed by atoms with Crippen LogP contribution in [-0.2, 0) is 16.0 Å². The highest BCUT2D eigenvalue weighted by molar-refractivity contribution is 7.07. The molecule has 0 aliphatic carbocycles. The van der Waals surface area contributed by atoms with E-state index in [4.69, 9.17) is 4.74 Å². The molecule has 1 unspecified atom stereocenters. The van der Waals surface area contributed by atoms with E-state index in [-0.39, 0.29) is 11.5 Å². The van der Waals surface area contributed by atoms with E-state index in [1.807, 2.05) is 16.3 Å². The molecular formula is C13H17NO2S. The monoisotopic (exact) mass is 251 g/mol. The van der Waals surface area contributed by atoms with Gasteiger partial charge in [-0.15, -0.1) is 0 Å². The first-order chi connectivity index (χ1) is 8.27. The van der Waals surface area contributed by atoms with Gasteiger partial charge in [0.25, 0.3) is 0 Å². The van der Waals surface area contributed by atoms with Crippen LogP contribution in [0.25, 0.3) is 0 Å².